The highest BCUT2D eigenvalue weighted by atomic mass is 35.5. The molecule has 2 aliphatic rings. The molecule has 1 aliphatic heterocycles. The Bertz CT molecular complexity index is 1240. The van der Waals surface area contributed by atoms with Gasteiger partial charge >= 0.3 is 0 Å². The number of aliphatic hydroxyl groups is 3. The highest BCUT2D eigenvalue weighted by Crippen LogP contribution is 2.42. The Morgan fingerprint density at radius 1 is 1.14 bits per heavy atom. The number of aliphatic hydroxyl groups excluding tert-OH is 3. The highest BCUT2D eigenvalue weighted by Gasteiger charge is 2.48. The van der Waals surface area contributed by atoms with E-state index in [9.17, 15) is 24.1 Å². The van der Waals surface area contributed by atoms with Crippen molar-refractivity contribution in [1.29, 1.82) is 0 Å². The van der Waals surface area contributed by atoms with Crippen LogP contribution in [0.2, 0.25) is 5.02 Å². The number of hydrogen-bond acceptors (Lipinski definition) is 9. The quantitative estimate of drug-likeness (QED) is 0.365. The van der Waals surface area contributed by atoms with Crippen molar-refractivity contribution in [2.45, 2.75) is 55.3 Å². The van der Waals surface area contributed by atoms with E-state index in [4.69, 9.17) is 21.1 Å². The minimum atomic E-state index is -1.25. The van der Waals surface area contributed by atoms with Crippen molar-refractivity contribution in [2.75, 3.05) is 20.3 Å². The molecule has 36 heavy (non-hydrogen) atoms. The smallest absolute Gasteiger partial charge is 0.178 e. The maximum Gasteiger partial charge on any atom is 0.178 e. The molecule has 1 saturated heterocycles. The number of rotatable bonds is 8. The summed E-state index contributed by atoms with van der Waals surface area (Å²) < 4.78 is 43.0. The Morgan fingerprint density at radius 2 is 1.92 bits per heavy atom. The van der Waals surface area contributed by atoms with E-state index in [-0.39, 0.29) is 29.3 Å². The van der Waals surface area contributed by atoms with Gasteiger partial charge in [0.05, 0.1) is 41.8 Å². The third-order valence-corrected chi connectivity index (χ3v) is 7.21. The summed E-state index contributed by atoms with van der Waals surface area (Å²) in [6.45, 7) is -0.520. The molecule has 5 atom stereocenters. The van der Waals surface area contributed by atoms with E-state index in [2.05, 4.69) is 20.6 Å². The second-order valence-corrected chi connectivity index (χ2v) is 9.53. The van der Waals surface area contributed by atoms with E-state index in [0.717, 1.165) is 12.8 Å². The molecule has 0 amide bonds. The Morgan fingerprint density at radius 3 is 2.58 bits per heavy atom. The van der Waals surface area contributed by atoms with Gasteiger partial charge in [0, 0.05) is 25.3 Å². The Kier molecular flexibility index (Phi) is 6.78. The summed E-state index contributed by atoms with van der Waals surface area (Å²) in [5, 5.41) is 46.4. The third-order valence-electron chi connectivity index (χ3n) is 6.92. The maximum absolute atomic E-state index is 14.5. The summed E-state index contributed by atoms with van der Waals surface area (Å²) >= 11 is 5.64. The summed E-state index contributed by atoms with van der Waals surface area (Å²) in [5.41, 5.74) is 0.0320. The first kappa shape index (κ1) is 25.1. The first-order valence-corrected chi connectivity index (χ1v) is 11.7. The molecular weight excluding hydrogens is 502 g/mol. The minimum absolute atomic E-state index is 0.0235. The number of ether oxygens (including phenoxy) is 2. The van der Waals surface area contributed by atoms with E-state index in [0.29, 0.717) is 5.69 Å². The topological polar surface area (TPSA) is 141 Å². The van der Waals surface area contributed by atoms with Crippen molar-refractivity contribution in [1.82, 2.24) is 30.0 Å². The second kappa shape index (κ2) is 9.72. The standard InChI is InChI=1S/C22H25ClF2N6O5/c1-35-21-15(6-11-7-31(29-26-11)22(10-33)4-5-22)36-16(9-32)20(34)19(21)30-8-14(27-28-30)12-2-3-13(23)18(25)17(12)24/h2-3,7-8,15-16,19-21,32-34H,4-6,9-10H2,1H3/t15-,16-,19+,20+,21+/m1/s1. The lowest BCUT2D eigenvalue weighted by Crippen LogP contribution is -2.57. The second-order valence-electron chi connectivity index (χ2n) is 9.12. The molecule has 3 heterocycles. The van der Waals surface area contributed by atoms with Gasteiger partial charge in [0.15, 0.2) is 11.6 Å². The van der Waals surface area contributed by atoms with Crippen LogP contribution in [0.15, 0.2) is 24.5 Å². The van der Waals surface area contributed by atoms with Crippen molar-refractivity contribution in [2.24, 2.45) is 0 Å². The average Bonchev–Trinajstić information content (AvgIpc) is 3.28. The molecule has 5 rings (SSSR count). The highest BCUT2D eigenvalue weighted by molar-refractivity contribution is 6.30. The molecule has 3 aromatic rings. The molecule has 2 fully saturated rings. The molecule has 0 bridgehead atoms. The van der Waals surface area contributed by atoms with Crippen LogP contribution in [-0.2, 0) is 21.4 Å². The van der Waals surface area contributed by atoms with Crippen LogP contribution < -0.4 is 0 Å². The molecule has 0 radical (unpaired) electrons. The van der Waals surface area contributed by atoms with Crippen LogP contribution in [0.25, 0.3) is 11.3 Å². The first-order valence-electron chi connectivity index (χ1n) is 11.4. The van der Waals surface area contributed by atoms with Crippen LogP contribution in [0.1, 0.15) is 24.6 Å². The van der Waals surface area contributed by atoms with E-state index < -0.39 is 54.2 Å². The summed E-state index contributed by atoms with van der Waals surface area (Å²) in [7, 11) is 1.44. The molecule has 1 aliphatic carbocycles. The summed E-state index contributed by atoms with van der Waals surface area (Å²) in [5.74, 6) is -2.37. The summed E-state index contributed by atoms with van der Waals surface area (Å²) in [6, 6.07) is 1.61. The third kappa shape index (κ3) is 4.29. The fourth-order valence-corrected chi connectivity index (χ4v) is 4.78. The zero-order valence-electron chi connectivity index (χ0n) is 19.2. The predicted molar refractivity (Wildman–Crippen MR) is 120 cm³/mol. The summed E-state index contributed by atoms with van der Waals surface area (Å²) in [6.07, 6.45) is 1.26. The number of aromatic nitrogens is 6. The van der Waals surface area contributed by atoms with E-state index in [1.807, 2.05) is 0 Å². The first-order chi connectivity index (χ1) is 17.3. The average molecular weight is 527 g/mol. The molecule has 0 unspecified atom stereocenters. The normalized spacial score (nSPS) is 27.4. The SMILES string of the molecule is CO[C@@H]1[C@@H](n2cc(-c3ccc(Cl)c(F)c3F)nn2)[C@@H](O)[C@@H](CO)O[C@@H]1Cc1cn(C2(CO)CC2)nn1. The molecule has 1 aromatic carbocycles. The lowest BCUT2D eigenvalue weighted by Gasteiger charge is -2.43. The predicted octanol–water partition coefficient (Wildman–Crippen LogP) is 0.869. The molecule has 1 saturated carbocycles. The molecule has 11 nitrogen and oxygen atoms in total. The molecule has 194 valence electrons. The number of halogens is 3. The maximum atomic E-state index is 14.5. The lowest BCUT2D eigenvalue weighted by atomic mass is 9.90. The van der Waals surface area contributed by atoms with Crippen molar-refractivity contribution in [3.63, 3.8) is 0 Å². The fourth-order valence-electron chi connectivity index (χ4n) is 4.63. The van der Waals surface area contributed by atoms with Crippen LogP contribution in [-0.4, -0.2) is 90.0 Å². The van der Waals surface area contributed by atoms with Gasteiger partial charge in [0.1, 0.15) is 30.0 Å². The monoisotopic (exact) mass is 526 g/mol. The number of nitrogens with zero attached hydrogens (tertiary/aromatic N) is 6. The van der Waals surface area contributed by atoms with Crippen LogP contribution in [0.4, 0.5) is 8.78 Å². The van der Waals surface area contributed by atoms with Crippen molar-refractivity contribution < 1.29 is 33.6 Å². The summed E-state index contributed by atoms with van der Waals surface area (Å²) in [4.78, 5) is 0. The molecule has 2 aromatic heterocycles. The van der Waals surface area contributed by atoms with Crippen LogP contribution >= 0.6 is 11.6 Å². The van der Waals surface area contributed by atoms with Crippen molar-refractivity contribution in [3.05, 3.63) is 46.9 Å². The van der Waals surface area contributed by atoms with Crippen molar-refractivity contribution >= 4 is 11.6 Å². The van der Waals surface area contributed by atoms with E-state index in [1.165, 1.54) is 30.1 Å². The van der Waals surface area contributed by atoms with Crippen LogP contribution in [0.5, 0.6) is 0 Å². The number of methoxy groups -OCH3 is 1. The van der Waals surface area contributed by atoms with Crippen LogP contribution in [0.3, 0.4) is 0 Å². The zero-order chi connectivity index (χ0) is 25.6. The van der Waals surface area contributed by atoms with Gasteiger partial charge in [-0.2, -0.15) is 0 Å². The zero-order valence-corrected chi connectivity index (χ0v) is 20.0. The Labute approximate surface area is 209 Å². The molecule has 0 spiro atoms. The van der Waals surface area contributed by atoms with Gasteiger partial charge in [-0.1, -0.05) is 22.0 Å². The number of benzene rings is 1. The van der Waals surface area contributed by atoms with Gasteiger partial charge in [-0.05, 0) is 25.0 Å². The molecule has 14 heteroatoms. The fraction of sp³-hybridized carbons (Fsp3) is 0.545. The van der Waals surface area contributed by atoms with Gasteiger partial charge < -0.3 is 24.8 Å². The van der Waals surface area contributed by atoms with Crippen LogP contribution in [0, 0.1) is 11.6 Å². The Balaban J connectivity index is 1.43. The van der Waals surface area contributed by atoms with Gasteiger partial charge in [0.2, 0.25) is 0 Å². The number of hydrogen-bond donors (Lipinski definition) is 3. The molecule has 3 N–H and O–H groups in total. The largest absolute Gasteiger partial charge is 0.394 e. The van der Waals surface area contributed by atoms with E-state index in [1.54, 1.807) is 10.9 Å². The van der Waals surface area contributed by atoms with E-state index >= 15 is 0 Å². The minimum Gasteiger partial charge on any atom is -0.394 e. The molecular formula is C22H25ClF2N6O5. The Hall–Kier alpha value is -2.55. The lowest BCUT2D eigenvalue weighted by molar-refractivity contribution is -0.212. The van der Waals surface area contributed by atoms with Gasteiger partial charge in [0.25, 0.3) is 0 Å². The van der Waals surface area contributed by atoms with Gasteiger partial charge in [-0.25, -0.2) is 18.1 Å². The van der Waals surface area contributed by atoms with Gasteiger partial charge in [-0.3, -0.25) is 0 Å². The van der Waals surface area contributed by atoms with Crippen molar-refractivity contribution in [3.8, 4) is 11.3 Å². The van der Waals surface area contributed by atoms with Gasteiger partial charge in [-0.15, -0.1) is 10.2 Å².